The molecule has 1 saturated heterocycles. The topological polar surface area (TPSA) is 117 Å². The first-order chi connectivity index (χ1) is 19.1. The van der Waals surface area contributed by atoms with Gasteiger partial charge in [0, 0.05) is 37.9 Å². The molecule has 0 unspecified atom stereocenters. The van der Waals surface area contributed by atoms with Gasteiger partial charge in [-0.3, -0.25) is 9.62 Å². The summed E-state index contributed by atoms with van der Waals surface area (Å²) in [6, 6.07) is 14.9. The van der Waals surface area contributed by atoms with Gasteiger partial charge < -0.3 is 19.5 Å². The molecule has 1 aromatic heterocycles. The van der Waals surface area contributed by atoms with Crippen LogP contribution in [0.5, 0.6) is 11.5 Å². The van der Waals surface area contributed by atoms with Crippen molar-refractivity contribution in [1.29, 1.82) is 0 Å². The number of carbonyl (C=O) groups excluding carboxylic acids is 1. The summed E-state index contributed by atoms with van der Waals surface area (Å²) in [5, 5.41) is 6.98. The Hall–Kier alpha value is -3.57. The first kappa shape index (κ1) is 29.4. The number of amides is 2. The minimum atomic E-state index is -3.31. The number of urea groups is 1. The molecule has 10 nitrogen and oxygen atoms in total. The molecule has 0 atom stereocenters. The molecule has 1 aliphatic heterocycles. The molecule has 3 aromatic rings. The van der Waals surface area contributed by atoms with Crippen LogP contribution >= 0.6 is 0 Å². The lowest BCUT2D eigenvalue weighted by Gasteiger charge is -2.38. The Morgan fingerprint density at radius 2 is 1.70 bits per heavy atom. The number of rotatable bonds is 11. The molecule has 1 aliphatic rings. The Balaban J connectivity index is 1.28. The van der Waals surface area contributed by atoms with Gasteiger partial charge in [0.2, 0.25) is 10.0 Å². The standard InChI is InChI=1S/C29H39N5O5S/c1-5-6-17-34(29(35)30-28-21(2)31-39-22(28)3)25-15-18-33(19-16-25)20-23-7-11-26(12-8-23)38-27-13-9-24(10-14-27)32-40(4,36)37/h7-14,25,32H,5-6,15-20H2,1-4H3,(H,30,35). The van der Waals surface area contributed by atoms with Gasteiger partial charge in [-0.2, -0.15) is 0 Å². The predicted octanol–water partition coefficient (Wildman–Crippen LogP) is 5.75. The van der Waals surface area contributed by atoms with Gasteiger partial charge in [0.1, 0.15) is 22.9 Å². The quantitative estimate of drug-likeness (QED) is 0.302. The SMILES string of the molecule is CCCCN(C(=O)Nc1c(C)noc1C)C1CCN(Cc2ccc(Oc3ccc(NS(C)(=O)=O)cc3)cc2)CC1. The highest BCUT2D eigenvalue weighted by molar-refractivity contribution is 7.92. The fourth-order valence-corrected chi connectivity index (χ4v) is 5.43. The minimum absolute atomic E-state index is 0.0850. The predicted molar refractivity (Wildman–Crippen MR) is 156 cm³/mol. The second-order valence-electron chi connectivity index (χ2n) is 10.3. The van der Waals surface area contributed by atoms with Crippen LogP contribution < -0.4 is 14.8 Å². The highest BCUT2D eigenvalue weighted by atomic mass is 32.2. The summed E-state index contributed by atoms with van der Waals surface area (Å²) in [4.78, 5) is 17.6. The maximum atomic E-state index is 13.2. The Kier molecular flexibility index (Phi) is 9.70. The van der Waals surface area contributed by atoms with E-state index in [1.807, 2.05) is 30.9 Å². The van der Waals surface area contributed by atoms with Crippen LogP contribution in [-0.4, -0.2) is 61.3 Å². The first-order valence-electron chi connectivity index (χ1n) is 13.7. The Morgan fingerprint density at radius 1 is 1.07 bits per heavy atom. The van der Waals surface area contributed by atoms with Gasteiger partial charge in [0.15, 0.2) is 5.76 Å². The van der Waals surface area contributed by atoms with Crippen LogP contribution in [0.2, 0.25) is 0 Å². The van der Waals surface area contributed by atoms with E-state index >= 15 is 0 Å². The number of hydrogen-bond acceptors (Lipinski definition) is 7. The summed E-state index contributed by atoms with van der Waals surface area (Å²) in [5.41, 5.74) is 3.03. The van der Waals surface area contributed by atoms with Crippen molar-refractivity contribution in [2.45, 2.75) is 59.0 Å². The van der Waals surface area contributed by atoms with Crippen molar-refractivity contribution >= 4 is 27.4 Å². The molecule has 0 spiro atoms. The summed E-state index contributed by atoms with van der Waals surface area (Å²) in [7, 11) is -3.31. The van der Waals surface area contributed by atoms with Crippen molar-refractivity contribution in [1.82, 2.24) is 15.0 Å². The second kappa shape index (κ2) is 13.2. The van der Waals surface area contributed by atoms with Crippen LogP contribution in [-0.2, 0) is 16.6 Å². The maximum Gasteiger partial charge on any atom is 0.322 e. The van der Waals surface area contributed by atoms with Crippen molar-refractivity contribution in [3.63, 3.8) is 0 Å². The van der Waals surface area contributed by atoms with E-state index in [1.165, 1.54) is 5.56 Å². The van der Waals surface area contributed by atoms with Gasteiger partial charge in [-0.1, -0.05) is 30.6 Å². The normalized spacial score (nSPS) is 14.6. The molecular weight excluding hydrogens is 530 g/mol. The lowest BCUT2D eigenvalue weighted by Crippen LogP contribution is -2.49. The maximum absolute atomic E-state index is 13.2. The molecule has 216 valence electrons. The van der Waals surface area contributed by atoms with Crippen LogP contribution in [0.15, 0.2) is 53.1 Å². The van der Waals surface area contributed by atoms with Crippen LogP contribution in [0.4, 0.5) is 16.2 Å². The largest absolute Gasteiger partial charge is 0.457 e. The number of aromatic nitrogens is 1. The summed E-state index contributed by atoms with van der Waals surface area (Å²) in [6.07, 6.45) is 4.95. The van der Waals surface area contributed by atoms with Crippen LogP contribution in [0.3, 0.4) is 0 Å². The van der Waals surface area contributed by atoms with E-state index in [0.29, 0.717) is 34.3 Å². The van der Waals surface area contributed by atoms with Crippen molar-refractivity contribution in [3.8, 4) is 11.5 Å². The number of unbranched alkanes of at least 4 members (excludes halogenated alkanes) is 1. The lowest BCUT2D eigenvalue weighted by atomic mass is 10.0. The van der Waals surface area contributed by atoms with Crippen molar-refractivity contribution in [3.05, 3.63) is 65.5 Å². The summed E-state index contributed by atoms with van der Waals surface area (Å²) in [6.45, 7) is 9.17. The molecule has 11 heteroatoms. The Bertz CT molecular complexity index is 1350. The number of anilines is 2. The van der Waals surface area contributed by atoms with Crippen LogP contribution in [0, 0.1) is 13.8 Å². The average molecular weight is 570 g/mol. The molecule has 0 saturated carbocycles. The van der Waals surface area contributed by atoms with Crippen LogP contribution in [0.1, 0.15) is 49.6 Å². The van der Waals surface area contributed by atoms with E-state index in [4.69, 9.17) is 9.26 Å². The zero-order valence-corrected chi connectivity index (χ0v) is 24.5. The number of hydrogen-bond donors (Lipinski definition) is 2. The average Bonchev–Trinajstić information content (AvgIpc) is 3.23. The molecule has 4 rings (SSSR count). The number of piperidine rings is 1. The summed E-state index contributed by atoms with van der Waals surface area (Å²) in [5.74, 6) is 1.95. The van der Waals surface area contributed by atoms with E-state index in [-0.39, 0.29) is 12.1 Å². The van der Waals surface area contributed by atoms with Crippen LogP contribution in [0.25, 0.3) is 0 Å². The highest BCUT2D eigenvalue weighted by Crippen LogP contribution is 2.26. The second-order valence-corrected chi connectivity index (χ2v) is 12.1. The fraction of sp³-hybridized carbons (Fsp3) is 0.448. The number of aryl methyl sites for hydroxylation is 2. The molecule has 0 radical (unpaired) electrons. The molecule has 2 heterocycles. The van der Waals surface area contributed by atoms with Gasteiger partial charge in [-0.25, -0.2) is 13.2 Å². The molecule has 0 bridgehead atoms. The number of likely N-dealkylation sites (tertiary alicyclic amines) is 1. The van der Waals surface area contributed by atoms with E-state index in [1.54, 1.807) is 24.3 Å². The molecule has 40 heavy (non-hydrogen) atoms. The van der Waals surface area contributed by atoms with Crippen molar-refractivity contribution < 1.29 is 22.5 Å². The van der Waals surface area contributed by atoms with E-state index in [2.05, 4.69) is 39.2 Å². The van der Waals surface area contributed by atoms with Gasteiger partial charge >= 0.3 is 6.03 Å². The van der Waals surface area contributed by atoms with E-state index in [0.717, 1.165) is 58.1 Å². The molecule has 2 amide bonds. The van der Waals surface area contributed by atoms with Gasteiger partial charge in [-0.15, -0.1) is 0 Å². The van der Waals surface area contributed by atoms with Gasteiger partial charge in [-0.05, 0) is 75.1 Å². The van der Waals surface area contributed by atoms with Crippen molar-refractivity contribution in [2.75, 3.05) is 35.9 Å². The summed E-state index contributed by atoms with van der Waals surface area (Å²) < 4.78 is 36.3. The molecule has 2 aromatic carbocycles. The first-order valence-corrected chi connectivity index (χ1v) is 15.6. The minimum Gasteiger partial charge on any atom is -0.457 e. The summed E-state index contributed by atoms with van der Waals surface area (Å²) >= 11 is 0. The highest BCUT2D eigenvalue weighted by Gasteiger charge is 2.28. The van der Waals surface area contributed by atoms with Gasteiger partial charge in [0.25, 0.3) is 0 Å². The number of ether oxygens (including phenoxy) is 1. The number of nitrogens with zero attached hydrogens (tertiary/aromatic N) is 3. The molecule has 0 aliphatic carbocycles. The third kappa shape index (κ3) is 8.22. The third-order valence-electron chi connectivity index (χ3n) is 7.00. The molecule has 2 N–H and O–H groups in total. The van der Waals surface area contributed by atoms with E-state index in [9.17, 15) is 13.2 Å². The smallest absolute Gasteiger partial charge is 0.322 e. The lowest BCUT2D eigenvalue weighted by molar-refractivity contribution is 0.122. The number of benzene rings is 2. The monoisotopic (exact) mass is 569 g/mol. The number of sulfonamides is 1. The Morgan fingerprint density at radius 3 is 2.25 bits per heavy atom. The zero-order valence-electron chi connectivity index (χ0n) is 23.6. The molecular formula is C29H39N5O5S. The van der Waals surface area contributed by atoms with E-state index < -0.39 is 10.0 Å². The fourth-order valence-electron chi connectivity index (χ4n) is 4.87. The molecule has 1 fully saturated rings. The number of carbonyl (C=O) groups is 1. The third-order valence-corrected chi connectivity index (χ3v) is 7.61. The Labute approximate surface area is 236 Å². The zero-order chi connectivity index (χ0) is 28.7. The number of nitrogens with one attached hydrogen (secondary N) is 2. The van der Waals surface area contributed by atoms with Gasteiger partial charge in [0.05, 0.1) is 6.26 Å². The van der Waals surface area contributed by atoms with Crippen molar-refractivity contribution in [2.24, 2.45) is 0 Å².